The Balaban J connectivity index is 1.43. The molecule has 2 aromatic heterocycles. The fourth-order valence-electron chi connectivity index (χ4n) is 2.77. The number of carbonyl (C=O) groups excluding carboxylic acids is 1. The van der Waals surface area contributed by atoms with Gasteiger partial charge in [-0.1, -0.05) is 6.07 Å². The highest BCUT2D eigenvalue weighted by molar-refractivity contribution is 7.09. The van der Waals surface area contributed by atoms with Crippen molar-refractivity contribution in [3.05, 3.63) is 58.7 Å². The second-order valence-electron chi connectivity index (χ2n) is 6.15. The van der Waals surface area contributed by atoms with E-state index in [2.05, 4.69) is 15.3 Å². The summed E-state index contributed by atoms with van der Waals surface area (Å²) in [5.41, 5.74) is 3.05. The van der Waals surface area contributed by atoms with Gasteiger partial charge in [-0.25, -0.2) is 4.98 Å². The number of amides is 1. The van der Waals surface area contributed by atoms with Gasteiger partial charge in [0.15, 0.2) is 11.5 Å². The van der Waals surface area contributed by atoms with Crippen molar-refractivity contribution in [3.8, 4) is 22.8 Å². The maximum absolute atomic E-state index is 12.1. The maximum Gasteiger partial charge on any atom is 0.220 e. The Morgan fingerprint density at radius 3 is 2.61 bits per heavy atom. The van der Waals surface area contributed by atoms with E-state index in [4.69, 9.17) is 9.47 Å². The number of nitrogens with one attached hydrogen (secondary N) is 1. The number of aryl methyl sites for hydroxylation is 1. The highest BCUT2D eigenvalue weighted by atomic mass is 32.1. The summed E-state index contributed by atoms with van der Waals surface area (Å²) >= 11 is 1.58. The molecule has 3 aromatic rings. The molecule has 0 aliphatic rings. The second-order valence-corrected chi connectivity index (χ2v) is 7.09. The highest BCUT2D eigenvalue weighted by Crippen LogP contribution is 2.27. The number of ether oxygens (including phenoxy) is 2. The Bertz CT molecular complexity index is 912. The predicted octanol–water partition coefficient (Wildman–Crippen LogP) is 3.51. The number of hydrogen-bond donors (Lipinski definition) is 1. The van der Waals surface area contributed by atoms with E-state index in [0.717, 1.165) is 28.2 Å². The Labute approximate surface area is 168 Å². The molecule has 1 amide bonds. The first kappa shape index (κ1) is 19.8. The average Bonchev–Trinajstić information content (AvgIpc) is 3.22. The normalized spacial score (nSPS) is 10.5. The van der Waals surface area contributed by atoms with Crippen LogP contribution in [0.5, 0.6) is 11.5 Å². The molecule has 0 radical (unpaired) electrons. The molecule has 28 heavy (non-hydrogen) atoms. The van der Waals surface area contributed by atoms with Gasteiger partial charge in [-0.2, -0.15) is 0 Å². The fourth-order valence-corrected chi connectivity index (χ4v) is 3.58. The minimum atomic E-state index is 0.0288. The van der Waals surface area contributed by atoms with Crippen molar-refractivity contribution >= 4 is 17.2 Å². The maximum atomic E-state index is 12.1. The van der Waals surface area contributed by atoms with Crippen molar-refractivity contribution in [1.29, 1.82) is 0 Å². The van der Waals surface area contributed by atoms with Crippen LogP contribution in [0.4, 0.5) is 0 Å². The fraction of sp³-hybridized carbons (Fsp3) is 0.286. The molecule has 0 bridgehead atoms. The van der Waals surface area contributed by atoms with E-state index in [1.54, 1.807) is 38.0 Å². The number of carbonyl (C=O) groups is 1. The van der Waals surface area contributed by atoms with Crippen LogP contribution >= 0.6 is 11.3 Å². The van der Waals surface area contributed by atoms with Crippen LogP contribution in [0.3, 0.4) is 0 Å². The van der Waals surface area contributed by atoms with Crippen molar-refractivity contribution in [2.24, 2.45) is 0 Å². The lowest BCUT2D eigenvalue weighted by molar-refractivity contribution is -0.121. The largest absolute Gasteiger partial charge is 0.493 e. The van der Waals surface area contributed by atoms with Gasteiger partial charge in [0.2, 0.25) is 5.91 Å². The van der Waals surface area contributed by atoms with Crippen LogP contribution in [0.15, 0.2) is 48.1 Å². The number of thiazole rings is 1. The summed E-state index contributed by atoms with van der Waals surface area (Å²) in [6, 6.07) is 9.64. The minimum absolute atomic E-state index is 0.0288. The van der Waals surface area contributed by atoms with Gasteiger partial charge in [-0.3, -0.25) is 9.78 Å². The van der Waals surface area contributed by atoms with Crippen LogP contribution in [0.2, 0.25) is 0 Å². The summed E-state index contributed by atoms with van der Waals surface area (Å²) in [7, 11) is 3.22. The van der Waals surface area contributed by atoms with Crippen molar-refractivity contribution in [1.82, 2.24) is 15.3 Å². The first-order chi connectivity index (χ1) is 13.7. The van der Waals surface area contributed by atoms with Gasteiger partial charge < -0.3 is 14.8 Å². The van der Waals surface area contributed by atoms with E-state index in [0.29, 0.717) is 30.9 Å². The molecule has 146 valence electrons. The topological polar surface area (TPSA) is 73.3 Å². The standard InChI is InChI=1S/C21H23N3O3S/c1-26-18-4-3-15(13-19(18)27-2)7-12-23-20(25)5-6-21-24-17(14-28-21)16-8-10-22-11-9-16/h3-4,8-11,13-14H,5-7,12H2,1-2H3,(H,23,25). The third-order valence-corrected chi connectivity index (χ3v) is 5.19. The average molecular weight is 398 g/mol. The van der Waals surface area contributed by atoms with Gasteiger partial charge >= 0.3 is 0 Å². The summed E-state index contributed by atoms with van der Waals surface area (Å²) in [6.45, 7) is 0.578. The third-order valence-electron chi connectivity index (χ3n) is 4.28. The van der Waals surface area contributed by atoms with Gasteiger partial charge in [0.1, 0.15) is 0 Å². The van der Waals surface area contributed by atoms with Crippen LogP contribution in [-0.2, 0) is 17.6 Å². The molecular weight excluding hydrogens is 374 g/mol. The zero-order valence-electron chi connectivity index (χ0n) is 16.0. The van der Waals surface area contributed by atoms with Gasteiger partial charge in [0.05, 0.1) is 24.9 Å². The van der Waals surface area contributed by atoms with Crippen LogP contribution in [0.25, 0.3) is 11.3 Å². The number of aromatic nitrogens is 2. The Kier molecular flexibility index (Phi) is 6.97. The van der Waals surface area contributed by atoms with Crippen molar-refractivity contribution in [3.63, 3.8) is 0 Å². The van der Waals surface area contributed by atoms with Gasteiger partial charge in [0.25, 0.3) is 0 Å². The van der Waals surface area contributed by atoms with E-state index in [1.807, 2.05) is 35.7 Å². The Morgan fingerprint density at radius 1 is 1.07 bits per heavy atom. The highest BCUT2D eigenvalue weighted by Gasteiger charge is 2.08. The molecule has 0 saturated heterocycles. The molecule has 1 N–H and O–H groups in total. The molecule has 0 aliphatic carbocycles. The van der Waals surface area contributed by atoms with E-state index in [1.165, 1.54) is 0 Å². The van der Waals surface area contributed by atoms with E-state index >= 15 is 0 Å². The molecule has 2 heterocycles. The molecule has 0 unspecified atom stereocenters. The summed E-state index contributed by atoms with van der Waals surface area (Å²) in [4.78, 5) is 20.7. The molecule has 0 spiro atoms. The number of hydrogen-bond acceptors (Lipinski definition) is 6. The Morgan fingerprint density at radius 2 is 1.86 bits per heavy atom. The molecule has 0 aliphatic heterocycles. The first-order valence-electron chi connectivity index (χ1n) is 9.02. The summed E-state index contributed by atoms with van der Waals surface area (Å²) in [5.74, 6) is 1.42. The molecular formula is C21H23N3O3S. The zero-order chi connectivity index (χ0) is 19.8. The molecule has 7 heteroatoms. The van der Waals surface area contributed by atoms with Gasteiger partial charge in [0, 0.05) is 42.7 Å². The smallest absolute Gasteiger partial charge is 0.220 e. The van der Waals surface area contributed by atoms with Crippen LogP contribution < -0.4 is 14.8 Å². The SMILES string of the molecule is COc1ccc(CCNC(=O)CCc2nc(-c3ccncc3)cs2)cc1OC. The van der Waals surface area contributed by atoms with E-state index in [-0.39, 0.29) is 5.91 Å². The lowest BCUT2D eigenvalue weighted by atomic mass is 10.1. The first-order valence-corrected chi connectivity index (χ1v) is 9.90. The molecule has 1 aromatic carbocycles. The lowest BCUT2D eigenvalue weighted by Gasteiger charge is -2.10. The summed E-state index contributed by atoms with van der Waals surface area (Å²) in [6.07, 6.45) is 5.29. The minimum Gasteiger partial charge on any atom is -0.493 e. The molecule has 0 saturated carbocycles. The Hall–Kier alpha value is -2.93. The van der Waals surface area contributed by atoms with Crippen molar-refractivity contribution in [2.45, 2.75) is 19.3 Å². The van der Waals surface area contributed by atoms with Crippen molar-refractivity contribution < 1.29 is 14.3 Å². The van der Waals surface area contributed by atoms with Gasteiger partial charge in [-0.05, 0) is 36.2 Å². The summed E-state index contributed by atoms with van der Waals surface area (Å²) in [5, 5.41) is 5.94. The molecule has 0 atom stereocenters. The van der Waals surface area contributed by atoms with Crippen molar-refractivity contribution in [2.75, 3.05) is 20.8 Å². The molecule has 3 rings (SSSR count). The number of benzene rings is 1. The number of methoxy groups -OCH3 is 2. The molecule has 6 nitrogen and oxygen atoms in total. The zero-order valence-corrected chi connectivity index (χ0v) is 16.8. The monoisotopic (exact) mass is 397 g/mol. The van der Waals surface area contributed by atoms with E-state index in [9.17, 15) is 4.79 Å². The lowest BCUT2D eigenvalue weighted by Crippen LogP contribution is -2.25. The third kappa shape index (κ3) is 5.29. The second kappa shape index (κ2) is 9.85. The molecule has 0 fully saturated rings. The van der Waals surface area contributed by atoms with Crippen LogP contribution in [0.1, 0.15) is 17.0 Å². The number of pyridine rings is 1. The van der Waals surface area contributed by atoms with Crippen LogP contribution in [0, 0.1) is 0 Å². The predicted molar refractivity (Wildman–Crippen MR) is 110 cm³/mol. The summed E-state index contributed by atoms with van der Waals surface area (Å²) < 4.78 is 10.5. The van der Waals surface area contributed by atoms with Crippen LogP contribution in [-0.4, -0.2) is 36.6 Å². The number of rotatable bonds is 9. The quantitative estimate of drug-likeness (QED) is 0.598. The van der Waals surface area contributed by atoms with E-state index < -0.39 is 0 Å². The van der Waals surface area contributed by atoms with Gasteiger partial charge in [-0.15, -0.1) is 11.3 Å². The number of nitrogens with zero attached hydrogens (tertiary/aromatic N) is 2.